The number of benzene rings is 1. The summed E-state index contributed by atoms with van der Waals surface area (Å²) in [5, 5.41) is 5.88. The topological polar surface area (TPSA) is 55.1 Å². The molecule has 0 saturated heterocycles. The Kier molecular flexibility index (Phi) is 4.65. The van der Waals surface area contributed by atoms with Crippen molar-refractivity contribution in [2.24, 2.45) is 0 Å². The van der Waals surface area contributed by atoms with Gasteiger partial charge in [-0.1, -0.05) is 30.3 Å². The van der Waals surface area contributed by atoms with Gasteiger partial charge in [-0.15, -0.1) is 11.3 Å². The van der Waals surface area contributed by atoms with Gasteiger partial charge in [-0.2, -0.15) is 0 Å². The van der Waals surface area contributed by atoms with E-state index in [2.05, 4.69) is 22.4 Å². The summed E-state index contributed by atoms with van der Waals surface area (Å²) in [6, 6.07) is 13.7. The molecule has 2 heterocycles. The highest BCUT2D eigenvalue weighted by atomic mass is 32.1. The molecule has 0 atom stereocenters. The van der Waals surface area contributed by atoms with E-state index in [-0.39, 0.29) is 5.91 Å². The van der Waals surface area contributed by atoms with Crippen molar-refractivity contribution in [3.63, 3.8) is 0 Å². The van der Waals surface area contributed by atoms with Crippen molar-refractivity contribution in [2.45, 2.75) is 19.4 Å². The van der Waals surface area contributed by atoms with Crippen LogP contribution in [0.25, 0.3) is 0 Å². The first-order valence-electron chi connectivity index (χ1n) is 7.10. The Morgan fingerprint density at radius 1 is 1.14 bits per heavy atom. The van der Waals surface area contributed by atoms with Gasteiger partial charge in [0.1, 0.15) is 0 Å². The van der Waals surface area contributed by atoms with Crippen LogP contribution in [-0.2, 0) is 19.4 Å². The smallest absolute Gasteiger partial charge is 0.287 e. The third-order valence-electron chi connectivity index (χ3n) is 3.24. The predicted octanol–water partition coefficient (Wildman–Crippen LogP) is 3.45. The van der Waals surface area contributed by atoms with Gasteiger partial charge in [0.2, 0.25) is 0 Å². The number of amides is 1. The summed E-state index contributed by atoms with van der Waals surface area (Å²) in [6.45, 7) is 0.418. The number of hydrogen-bond acceptors (Lipinski definition) is 4. The number of aromatic nitrogens is 1. The summed E-state index contributed by atoms with van der Waals surface area (Å²) < 4.78 is 5.05. The van der Waals surface area contributed by atoms with Crippen LogP contribution in [0.4, 0.5) is 0 Å². The maximum Gasteiger partial charge on any atom is 0.287 e. The number of hydrogen-bond donors (Lipinski definition) is 1. The Labute approximate surface area is 132 Å². The highest BCUT2D eigenvalue weighted by Gasteiger charge is 2.09. The highest BCUT2D eigenvalue weighted by molar-refractivity contribution is 7.09. The number of carbonyl (C=O) groups is 1. The van der Waals surface area contributed by atoms with Gasteiger partial charge in [0.25, 0.3) is 5.91 Å². The molecule has 1 amide bonds. The standard InChI is InChI=1S/C17H16N2O2S/c20-17(15-7-4-10-21-15)18-11-14-12-22-16(19-14)9-8-13-5-2-1-3-6-13/h1-7,10,12H,8-9,11H2,(H,18,20). The van der Waals surface area contributed by atoms with Gasteiger partial charge in [0, 0.05) is 11.8 Å². The molecule has 0 fully saturated rings. The van der Waals surface area contributed by atoms with Crippen molar-refractivity contribution in [1.29, 1.82) is 0 Å². The molecule has 0 saturated carbocycles. The number of nitrogens with one attached hydrogen (secondary N) is 1. The lowest BCUT2D eigenvalue weighted by Gasteiger charge is -2.00. The normalized spacial score (nSPS) is 10.5. The molecule has 1 aromatic carbocycles. The zero-order chi connectivity index (χ0) is 15.2. The molecule has 2 aromatic heterocycles. The molecule has 0 spiro atoms. The maximum atomic E-state index is 11.8. The largest absolute Gasteiger partial charge is 0.459 e. The predicted molar refractivity (Wildman–Crippen MR) is 85.8 cm³/mol. The molecule has 0 unspecified atom stereocenters. The third kappa shape index (κ3) is 3.83. The van der Waals surface area contributed by atoms with Crippen molar-refractivity contribution in [3.05, 3.63) is 76.1 Å². The van der Waals surface area contributed by atoms with Crippen molar-refractivity contribution < 1.29 is 9.21 Å². The second-order valence-electron chi connectivity index (χ2n) is 4.88. The summed E-state index contributed by atoms with van der Waals surface area (Å²) in [5.74, 6) is 0.100. The summed E-state index contributed by atoms with van der Waals surface area (Å²) in [6.07, 6.45) is 3.38. The van der Waals surface area contributed by atoms with Crippen molar-refractivity contribution in [3.8, 4) is 0 Å². The van der Waals surface area contributed by atoms with E-state index in [1.165, 1.54) is 11.8 Å². The molecular weight excluding hydrogens is 296 g/mol. The first-order valence-corrected chi connectivity index (χ1v) is 7.98. The minimum atomic E-state index is -0.219. The Hall–Kier alpha value is -2.40. The maximum absolute atomic E-state index is 11.8. The van der Waals surface area contributed by atoms with Crippen LogP contribution in [0, 0.1) is 0 Å². The van der Waals surface area contributed by atoms with Crippen LogP contribution in [0.1, 0.15) is 26.8 Å². The number of nitrogens with zero attached hydrogens (tertiary/aromatic N) is 1. The lowest BCUT2D eigenvalue weighted by molar-refractivity contribution is 0.0922. The first kappa shape index (κ1) is 14.5. The summed E-state index contributed by atoms with van der Waals surface area (Å²) >= 11 is 1.63. The van der Waals surface area contributed by atoms with Crippen molar-refractivity contribution in [2.75, 3.05) is 0 Å². The second kappa shape index (κ2) is 7.04. The third-order valence-corrected chi connectivity index (χ3v) is 4.20. The lowest BCUT2D eigenvalue weighted by atomic mass is 10.1. The lowest BCUT2D eigenvalue weighted by Crippen LogP contribution is -2.22. The number of carbonyl (C=O) groups excluding carboxylic acids is 1. The average Bonchev–Trinajstić information content (AvgIpc) is 3.23. The summed E-state index contributed by atoms with van der Waals surface area (Å²) in [5.41, 5.74) is 2.19. The molecule has 0 radical (unpaired) electrons. The fraction of sp³-hybridized carbons (Fsp3) is 0.176. The SMILES string of the molecule is O=C(NCc1csc(CCc2ccccc2)n1)c1ccco1. The molecule has 112 valence electrons. The zero-order valence-electron chi connectivity index (χ0n) is 12.0. The highest BCUT2D eigenvalue weighted by Crippen LogP contribution is 2.13. The van der Waals surface area contributed by atoms with Gasteiger partial charge in [-0.3, -0.25) is 4.79 Å². The Morgan fingerprint density at radius 2 is 2.00 bits per heavy atom. The summed E-state index contributed by atoms with van der Waals surface area (Å²) in [7, 11) is 0. The van der Waals surface area contributed by atoms with Crippen LogP contribution in [0.2, 0.25) is 0 Å². The molecule has 0 aliphatic carbocycles. The monoisotopic (exact) mass is 312 g/mol. The minimum Gasteiger partial charge on any atom is -0.459 e. The molecule has 5 heteroatoms. The Balaban J connectivity index is 1.50. The number of thiazole rings is 1. The molecular formula is C17H16N2O2S. The van der Waals surface area contributed by atoms with Gasteiger partial charge in [-0.05, 0) is 24.1 Å². The fourth-order valence-corrected chi connectivity index (χ4v) is 2.90. The summed E-state index contributed by atoms with van der Waals surface area (Å²) in [4.78, 5) is 16.3. The van der Waals surface area contributed by atoms with Crippen LogP contribution in [0.15, 0.2) is 58.5 Å². The van der Waals surface area contributed by atoms with Crippen molar-refractivity contribution in [1.82, 2.24) is 10.3 Å². The van der Waals surface area contributed by atoms with Gasteiger partial charge in [-0.25, -0.2) is 4.98 Å². The number of furan rings is 1. The zero-order valence-corrected chi connectivity index (χ0v) is 12.8. The first-order chi connectivity index (χ1) is 10.8. The van der Waals surface area contributed by atoms with Gasteiger partial charge < -0.3 is 9.73 Å². The van der Waals surface area contributed by atoms with E-state index in [1.54, 1.807) is 23.5 Å². The molecule has 1 N–H and O–H groups in total. The van der Waals surface area contributed by atoms with Crippen LogP contribution in [0.3, 0.4) is 0 Å². The van der Waals surface area contributed by atoms with Crippen molar-refractivity contribution >= 4 is 17.2 Å². The second-order valence-corrected chi connectivity index (χ2v) is 5.82. The molecule has 3 rings (SSSR count). The quantitative estimate of drug-likeness (QED) is 0.758. The van der Waals surface area contributed by atoms with Gasteiger partial charge in [0.15, 0.2) is 5.76 Å². The number of rotatable bonds is 6. The van der Waals surface area contributed by atoms with E-state index >= 15 is 0 Å². The Bertz CT molecular complexity index is 720. The van der Waals surface area contributed by atoms with E-state index < -0.39 is 0 Å². The van der Waals surface area contributed by atoms with E-state index in [4.69, 9.17) is 4.42 Å². The van der Waals surface area contributed by atoms with Crippen LogP contribution < -0.4 is 5.32 Å². The van der Waals surface area contributed by atoms with E-state index in [0.717, 1.165) is 23.5 Å². The van der Waals surface area contributed by atoms with E-state index in [9.17, 15) is 4.79 Å². The Morgan fingerprint density at radius 3 is 2.77 bits per heavy atom. The minimum absolute atomic E-state index is 0.219. The molecule has 3 aromatic rings. The molecule has 0 aliphatic heterocycles. The van der Waals surface area contributed by atoms with Crippen LogP contribution >= 0.6 is 11.3 Å². The van der Waals surface area contributed by atoms with E-state index in [1.807, 2.05) is 23.6 Å². The van der Waals surface area contributed by atoms with Gasteiger partial charge >= 0.3 is 0 Å². The molecule has 0 aliphatic rings. The molecule has 4 nitrogen and oxygen atoms in total. The molecule has 0 bridgehead atoms. The van der Waals surface area contributed by atoms with Crippen LogP contribution in [-0.4, -0.2) is 10.9 Å². The van der Waals surface area contributed by atoms with Crippen LogP contribution in [0.5, 0.6) is 0 Å². The average molecular weight is 312 g/mol. The van der Waals surface area contributed by atoms with Gasteiger partial charge in [0.05, 0.1) is 23.5 Å². The molecule has 22 heavy (non-hydrogen) atoms. The fourth-order valence-electron chi connectivity index (χ4n) is 2.11. The number of aryl methyl sites for hydroxylation is 2. The van der Waals surface area contributed by atoms with E-state index in [0.29, 0.717) is 12.3 Å².